The molecule has 0 spiro atoms. The number of rotatable bonds is 5. The van der Waals surface area contributed by atoms with Gasteiger partial charge in [0.05, 0.1) is 12.0 Å². The first-order chi connectivity index (χ1) is 9.72. The van der Waals surface area contributed by atoms with Crippen molar-refractivity contribution in [2.24, 2.45) is 0 Å². The first-order valence-electron chi connectivity index (χ1n) is 6.96. The van der Waals surface area contributed by atoms with Crippen LogP contribution in [0.1, 0.15) is 6.42 Å². The van der Waals surface area contributed by atoms with Crippen molar-refractivity contribution in [3.8, 4) is 11.3 Å². The Hall–Kier alpha value is -1.95. The lowest BCUT2D eigenvalue weighted by Crippen LogP contribution is -2.39. The Morgan fingerprint density at radius 2 is 1.85 bits per heavy atom. The molecule has 1 aliphatic rings. The molecule has 6 nitrogen and oxygen atoms in total. The highest BCUT2D eigenvalue weighted by Gasteiger charge is 2.13. The zero-order valence-electron chi connectivity index (χ0n) is 12.0. The third kappa shape index (κ3) is 2.80. The summed E-state index contributed by atoms with van der Waals surface area (Å²) in [6.45, 7) is 4.57. The summed E-state index contributed by atoms with van der Waals surface area (Å²) in [5, 5.41) is 0. The molecule has 0 radical (unpaired) electrons. The van der Waals surface area contributed by atoms with Gasteiger partial charge in [-0.1, -0.05) is 0 Å². The van der Waals surface area contributed by atoms with Crippen molar-refractivity contribution in [2.75, 3.05) is 38.6 Å². The van der Waals surface area contributed by atoms with E-state index in [2.05, 4.69) is 30.6 Å². The highest BCUT2D eigenvalue weighted by molar-refractivity contribution is 5.56. The van der Waals surface area contributed by atoms with Crippen LogP contribution in [0.25, 0.3) is 11.3 Å². The van der Waals surface area contributed by atoms with Gasteiger partial charge < -0.3 is 14.4 Å². The molecule has 6 heteroatoms. The number of aromatic nitrogens is 4. The van der Waals surface area contributed by atoms with Crippen molar-refractivity contribution in [3.63, 3.8) is 0 Å². The van der Waals surface area contributed by atoms with Crippen molar-refractivity contribution in [2.45, 2.75) is 13.0 Å². The van der Waals surface area contributed by atoms with Crippen molar-refractivity contribution >= 4 is 5.95 Å². The second kappa shape index (κ2) is 5.58. The van der Waals surface area contributed by atoms with E-state index in [4.69, 9.17) is 0 Å². The van der Waals surface area contributed by atoms with E-state index in [1.54, 1.807) is 0 Å². The first kappa shape index (κ1) is 13.1. The Bertz CT molecular complexity index is 555. The fraction of sp³-hybridized carbons (Fsp3) is 0.500. The van der Waals surface area contributed by atoms with E-state index >= 15 is 0 Å². The van der Waals surface area contributed by atoms with Gasteiger partial charge in [-0.05, 0) is 19.5 Å². The summed E-state index contributed by atoms with van der Waals surface area (Å²) in [5.74, 6) is 0.714. The Kier molecular flexibility index (Phi) is 3.64. The predicted octanol–water partition coefficient (Wildman–Crippen LogP) is 1.11. The van der Waals surface area contributed by atoms with Crippen LogP contribution in [-0.4, -0.2) is 58.1 Å². The average molecular weight is 272 g/mol. The van der Waals surface area contributed by atoms with Gasteiger partial charge in [0, 0.05) is 51.3 Å². The lowest BCUT2D eigenvalue weighted by molar-refractivity contribution is 0.174. The van der Waals surface area contributed by atoms with Crippen LogP contribution in [0, 0.1) is 0 Å². The Labute approximate surface area is 119 Å². The van der Waals surface area contributed by atoms with E-state index in [0.29, 0.717) is 5.95 Å². The minimum Gasteiger partial charge on any atom is -0.347 e. The summed E-state index contributed by atoms with van der Waals surface area (Å²) >= 11 is 0. The molecule has 2 aromatic rings. The molecular formula is C14H20N6. The van der Waals surface area contributed by atoms with E-state index in [9.17, 15) is 0 Å². The largest absolute Gasteiger partial charge is 0.347 e. The molecule has 0 amide bonds. The summed E-state index contributed by atoms with van der Waals surface area (Å²) in [7, 11) is 3.86. The normalized spacial score (nSPS) is 15.1. The highest BCUT2D eigenvalue weighted by atomic mass is 15.2. The van der Waals surface area contributed by atoms with Crippen molar-refractivity contribution in [3.05, 3.63) is 24.9 Å². The molecule has 0 N–H and O–H groups in total. The number of likely N-dealkylation sites (tertiary alicyclic amines) is 1. The van der Waals surface area contributed by atoms with Gasteiger partial charge in [0.1, 0.15) is 0 Å². The molecule has 1 fully saturated rings. The fourth-order valence-electron chi connectivity index (χ4n) is 2.18. The van der Waals surface area contributed by atoms with Crippen LogP contribution in [0.15, 0.2) is 24.9 Å². The van der Waals surface area contributed by atoms with Crippen LogP contribution in [0.3, 0.4) is 0 Å². The van der Waals surface area contributed by atoms with E-state index in [0.717, 1.165) is 24.3 Å². The van der Waals surface area contributed by atoms with Crippen LogP contribution in [0.5, 0.6) is 0 Å². The van der Waals surface area contributed by atoms with Gasteiger partial charge >= 0.3 is 0 Å². The second-order valence-electron chi connectivity index (χ2n) is 5.36. The molecule has 0 bridgehead atoms. The van der Waals surface area contributed by atoms with E-state index in [1.165, 1.54) is 19.5 Å². The molecule has 106 valence electrons. The summed E-state index contributed by atoms with van der Waals surface area (Å²) in [6, 6.07) is 0. The molecule has 1 aliphatic heterocycles. The first-order valence-corrected chi connectivity index (χ1v) is 6.96. The maximum Gasteiger partial charge on any atom is 0.224 e. The Morgan fingerprint density at radius 3 is 2.45 bits per heavy atom. The zero-order valence-corrected chi connectivity index (χ0v) is 12.0. The highest BCUT2D eigenvalue weighted by Crippen LogP contribution is 2.16. The zero-order chi connectivity index (χ0) is 13.9. The number of hydrogen-bond acceptors (Lipinski definition) is 5. The maximum absolute atomic E-state index is 4.43. The quantitative estimate of drug-likeness (QED) is 0.816. The average Bonchev–Trinajstić information content (AvgIpc) is 2.86. The number of hydrogen-bond donors (Lipinski definition) is 0. The fourth-order valence-corrected chi connectivity index (χ4v) is 2.18. The molecule has 2 aromatic heterocycles. The van der Waals surface area contributed by atoms with Gasteiger partial charge in [-0.3, -0.25) is 0 Å². The van der Waals surface area contributed by atoms with E-state index < -0.39 is 0 Å². The van der Waals surface area contributed by atoms with Crippen molar-refractivity contribution in [1.82, 2.24) is 24.4 Å². The number of anilines is 1. The lowest BCUT2D eigenvalue weighted by Gasteiger charge is -2.30. The molecule has 0 atom stereocenters. The predicted molar refractivity (Wildman–Crippen MR) is 78.6 cm³/mol. The molecule has 0 aromatic carbocycles. The van der Waals surface area contributed by atoms with Gasteiger partial charge in [0.25, 0.3) is 0 Å². The molecule has 20 heavy (non-hydrogen) atoms. The number of nitrogens with zero attached hydrogens (tertiary/aromatic N) is 6. The summed E-state index contributed by atoms with van der Waals surface area (Å²) in [6.07, 6.45) is 8.93. The lowest BCUT2D eigenvalue weighted by atomic mass is 10.2. The summed E-state index contributed by atoms with van der Waals surface area (Å²) in [5.41, 5.74) is 1.89. The molecule has 3 heterocycles. The van der Waals surface area contributed by atoms with Crippen LogP contribution < -0.4 is 4.90 Å². The van der Waals surface area contributed by atoms with Crippen LogP contribution in [-0.2, 0) is 6.54 Å². The van der Waals surface area contributed by atoms with Gasteiger partial charge in [0.2, 0.25) is 5.95 Å². The maximum atomic E-state index is 4.43. The summed E-state index contributed by atoms with van der Waals surface area (Å²) < 4.78 is 2.13. The Balaban J connectivity index is 1.65. The second-order valence-corrected chi connectivity index (χ2v) is 5.36. The topological polar surface area (TPSA) is 50.1 Å². The minimum atomic E-state index is 0.714. The third-order valence-corrected chi connectivity index (χ3v) is 3.59. The smallest absolute Gasteiger partial charge is 0.224 e. The molecule has 0 saturated carbocycles. The molecule has 0 unspecified atom stereocenters. The van der Waals surface area contributed by atoms with Crippen LogP contribution >= 0.6 is 0 Å². The van der Waals surface area contributed by atoms with Crippen molar-refractivity contribution < 1.29 is 0 Å². The molecule has 1 saturated heterocycles. The van der Waals surface area contributed by atoms with Crippen LogP contribution in [0.2, 0.25) is 0 Å². The standard InChI is InChI=1S/C14H20N6/c1-18(2)14-15-8-12(9-16-14)13-10-20(11-17-13)7-6-19-4-3-5-19/h8-11H,3-7H2,1-2H3. The molecule has 0 aliphatic carbocycles. The number of imidazole rings is 1. The van der Waals surface area contributed by atoms with Gasteiger partial charge in [-0.15, -0.1) is 0 Å². The monoisotopic (exact) mass is 272 g/mol. The van der Waals surface area contributed by atoms with Gasteiger partial charge in [-0.25, -0.2) is 15.0 Å². The van der Waals surface area contributed by atoms with E-state index in [-0.39, 0.29) is 0 Å². The van der Waals surface area contributed by atoms with Gasteiger partial charge in [0.15, 0.2) is 0 Å². The van der Waals surface area contributed by atoms with Crippen molar-refractivity contribution in [1.29, 1.82) is 0 Å². The third-order valence-electron chi connectivity index (χ3n) is 3.59. The summed E-state index contributed by atoms with van der Waals surface area (Å²) in [4.78, 5) is 17.4. The van der Waals surface area contributed by atoms with Gasteiger partial charge in [-0.2, -0.15) is 0 Å². The molecular weight excluding hydrogens is 252 g/mol. The SMILES string of the molecule is CN(C)c1ncc(-c2cn(CCN3CCC3)cn2)cn1. The van der Waals surface area contributed by atoms with Crippen LogP contribution in [0.4, 0.5) is 5.95 Å². The molecule has 3 rings (SSSR count). The van der Waals surface area contributed by atoms with E-state index in [1.807, 2.05) is 37.7 Å². The minimum absolute atomic E-state index is 0.714. The Morgan fingerprint density at radius 1 is 1.10 bits per heavy atom.